The van der Waals surface area contributed by atoms with Crippen molar-refractivity contribution in [1.82, 2.24) is 24.3 Å². The maximum absolute atomic E-state index is 13.7. The van der Waals surface area contributed by atoms with Crippen molar-refractivity contribution >= 4 is 15.9 Å². The van der Waals surface area contributed by atoms with Gasteiger partial charge in [-0.05, 0) is 25.2 Å². The number of amides is 1. The monoisotopic (exact) mass is 459 g/mol. The first-order chi connectivity index (χ1) is 14.8. The molecule has 2 aliphatic rings. The smallest absolute Gasteiger partial charge is 0.243 e. The average Bonchev–Trinajstić information content (AvgIpc) is 2.77. The molecule has 11 heteroatoms. The molecule has 1 aromatic rings. The summed E-state index contributed by atoms with van der Waals surface area (Å²) in [7, 11) is -2.03. The van der Waals surface area contributed by atoms with E-state index in [0.717, 1.165) is 38.3 Å². The zero-order valence-corrected chi connectivity index (χ0v) is 18.7. The number of carbonyl (C=O) groups is 1. The number of hydrogen-bond donors (Lipinski definition) is 1. The Balaban J connectivity index is 1.70. The van der Waals surface area contributed by atoms with Crippen LogP contribution in [0.1, 0.15) is 6.42 Å². The molecule has 0 radical (unpaired) electrons. The first-order valence-corrected chi connectivity index (χ1v) is 12.1. The van der Waals surface area contributed by atoms with Crippen molar-refractivity contribution in [2.24, 2.45) is 0 Å². The van der Waals surface area contributed by atoms with Gasteiger partial charge >= 0.3 is 0 Å². The summed E-state index contributed by atoms with van der Waals surface area (Å²) in [6.07, 6.45) is 0.0473. The third-order valence-electron chi connectivity index (χ3n) is 5.84. The van der Waals surface area contributed by atoms with Crippen molar-refractivity contribution in [1.29, 1.82) is 0 Å². The Bertz CT molecular complexity index is 856. The molecule has 0 bridgehead atoms. The third-order valence-corrected chi connectivity index (χ3v) is 7.73. The molecule has 2 heterocycles. The van der Waals surface area contributed by atoms with E-state index < -0.39 is 21.7 Å². The van der Waals surface area contributed by atoms with Gasteiger partial charge in [-0.15, -0.1) is 0 Å². The zero-order valence-electron chi connectivity index (χ0n) is 17.9. The molecule has 174 valence electrons. The Morgan fingerprint density at radius 2 is 1.71 bits per heavy atom. The quantitative estimate of drug-likeness (QED) is 0.591. The van der Waals surface area contributed by atoms with Crippen LogP contribution in [0.4, 0.5) is 8.78 Å². The molecule has 31 heavy (non-hydrogen) atoms. The highest BCUT2D eigenvalue weighted by Crippen LogP contribution is 2.19. The minimum Gasteiger partial charge on any atom is -0.340 e. The summed E-state index contributed by atoms with van der Waals surface area (Å²) in [6.45, 7) is 6.76. The van der Waals surface area contributed by atoms with E-state index in [1.165, 1.54) is 4.31 Å². The van der Waals surface area contributed by atoms with Gasteiger partial charge in [0.25, 0.3) is 0 Å². The summed E-state index contributed by atoms with van der Waals surface area (Å²) in [4.78, 5) is 18.4. The van der Waals surface area contributed by atoms with Gasteiger partial charge in [0.2, 0.25) is 15.9 Å². The molecule has 2 fully saturated rings. The van der Waals surface area contributed by atoms with Gasteiger partial charge in [-0.1, -0.05) is 0 Å². The summed E-state index contributed by atoms with van der Waals surface area (Å²) >= 11 is 0. The van der Waals surface area contributed by atoms with Crippen LogP contribution in [0.25, 0.3) is 0 Å². The van der Waals surface area contributed by atoms with E-state index in [1.54, 1.807) is 4.90 Å². The minimum atomic E-state index is -4.07. The van der Waals surface area contributed by atoms with Gasteiger partial charge in [0, 0.05) is 78.4 Å². The molecule has 0 atom stereocenters. The zero-order chi connectivity index (χ0) is 22.4. The summed E-state index contributed by atoms with van der Waals surface area (Å²) in [5, 5.41) is 3.17. The Labute approximate surface area is 182 Å². The molecule has 2 aliphatic heterocycles. The van der Waals surface area contributed by atoms with Crippen molar-refractivity contribution in [3.63, 3.8) is 0 Å². The van der Waals surface area contributed by atoms with Crippen LogP contribution in [0.2, 0.25) is 0 Å². The maximum Gasteiger partial charge on any atom is 0.243 e. The first kappa shape index (κ1) is 24.0. The first-order valence-electron chi connectivity index (χ1n) is 10.6. The number of rotatable bonds is 8. The molecular weight excluding hydrogens is 428 g/mol. The molecular formula is C20H31F2N5O3S. The highest BCUT2D eigenvalue weighted by Gasteiger charge is 2.28. The molecule has 1 amide bonds. The van der Waals surface area contributed by atoms with Crippen LogP contribution < -0.4 is 5.32 Å². The number of nitrogens with one attached hydrogen (secondary N) is 1. The Kier molecular flexibility index (Phi) is 8.34. The summed E-state index contributed by atoms with van der Waals surface area (Å²) in [6, 6.07) is 2.58. The summed E-state index contributed by atoms with van der Waals surface area (Å²) in [5.41, 5.74) is 0. The van der Waals surface area contributed by atoms with Crippen LogP contribution in [-0.4, -0.2) is 112 Å². The lowest BCUT2D eigenvalue weighted by Gasteiger charge is -2.34. The molecule has 2 saturated heterocycles. The highest BCUT2D eigenvalue weighted by atomic mass is 32.2. The van der Waals surface area contributed by atoms with Gasteiger partial charge < -0.3 is 15.1 Å². The lowest BCUT2D eigenvalue weighted by atomic mass is 10.3. The normalized spacial score (nSPS) is 19.2. The van der Waals surface area contributed by atoms with E-state index in [-0.39, 0.29) is 30.3 Å². The van der Waals surface area contributed by atoms with Gasteiger partial charge in [-0.2, -0.15) is 4.31 Å². The standard InChI is InChI=1S/C20H31F2N5O3S/c1-24-10-12-25(13-11-24)14-15-27(7-4-20(28)26-8-5-23-6-9-26)31(29,30)17-2-3-18(21)19(22)16-17/h2-3,16,23H,4-15H2,1H3. The van der Waals surface area contributed by atoms with Crippen molar-refractivity contribution in [3.8, 4) is 0 Å². The molecule has 0 aliphatic carbocycles. The van der Waals surface area contributed by atoms with E-state index in [0.29, 0.717) is 38.8 Å². The topological polar surface area (TPSA) is 76.2 Å². The summed E-state index contributed by atoms with van der Waals surface area (Å²) < 4.78 is 54.6. The number of halogens is 2. The number of hydrogen-bond acceptors (Lipinski definition) is 6. The third kappa shape index (κ3) is 6.42. The van der Waals surface area contributed by atoms with Crippen molar-refractivity contribution in [2.75, 3.05) is 79.0 Å². The second kappa shape index (κ2) is 10.8. The molecule has 8 nitrogen and oxygen atoms in total. The average molecular weight is 460 g/mol. The number of carbonyl (C=O) groups excluding carboxylic acids is 1. The number of benzene rings is 1. The lowest BCUT2D eigenvalue weighted by Crippen LogP contribution is -2.49. The summed E-state index contributed by atoms with van der Waals surface area (Å²) in [5.74, 6) is -2.42. The van der Waals surface area contributed by atoms with Crippen LogP contribution in [0.3, 0.4) is 0 Å². The van der Waals surface area contributed by atoms with Crippen LogP contribution in [0, 0.1) is 11.6 Å². The lowest BCUT2D eigenvalue weighted by molar-refractivity contribution is -0.131. The molecule has 0 saturated carbocycles. The van der Waals surface area contributed by atoms with E-state index >= 15 is 0 Å². The Hall–Kier alpha value is -1.66. The SMILES string of the molecule is CN1CCN(CCN(CCC(=O)N2CCNCC2)S(=O)(=O)c2ccc(F)c(F)c2)CC1. The molecule has 1 N–H and O–H groups in total. The highest BCUT2D eigenvalue weighted by molar-refractivity contribution is 7.89. The van der Waals surface area contributed by atoms with Crippen molar-refractivity contribution in [2.45, 2.75) is 11.3 Å². The van der Waals surface area contributed by atoms with E-state index in [4.69, 9.17) is 0 Å². The number of nitrogens with zero attached hydrogens (tertiary/aromatic N) is 4. The number of piperazine rings is 2. The van der Waals surface area contributed by atoms with E-state index in [1.807, 2.05) is 7.05 Å². The van der Waals surface area contributed by atoms with Crippen LogP contribution in [0.15, 0.2) is 23.1 Å². The molecule has 0 unspecified atom stereocenters. The molecule has 0 aromatic heterocycles. The fourth-order valence-corrected chi connectivity index (χ4v) is 5.20. The van der Waals surface area contributed by atoms with E-state index in [2.05, 4.69) is 15.1 Å². The largest absolute Gasteiger partial charge is 0.340 e. The Morgan fingerprint density at radius 3 is 2.35 bits per heavy atom. The van der Waals surface area contributed by atoms with Crippen LogP contribution in [-0.2, 0) is 14.8 Å². The molecule has 3 rings (SSSR count). The number of sulfonamides is 1. The fourth-order valence-electron chi connectivity index (χ4n) is 3.76. The van der Waals surface area contributed by atoms with Gasteiger partial charge in [-0.25, -0.2) is 17.2 Å². The molecule has 1 aromatic carbocycles. The van der Waals surface area contributed by atoms with Gasteiger partial charge in [0.05, 0.1) is 4.90 Å². The predicted octanol–water partition coefficient (Wildman–Crippen LogP) is 0.0248. The predicted molar refractivity (Wildman–Crippen MR) is 113 cm³/mol. The second-order valence-corrected chi connectivity index (χ2v) is 9.94. The maximum atomic E-state index is 13.7. The van der Waals surface area contributed by atoms with E-state index in [9.17, 15) is 22.0 Å². The van der Waals surface area contributed by atoms with Crippen molar-refractivity contribution < 1.29 is 22.0 Å². The second-order valence-electron chi connectivity index (χ2n) is 8.01. The van der Waals surface area contributed by atoms with Crippen LogP contribution in [0.5, 0.6) is 0 Å². The van der Waals surface area contributed by atoms with Gasteiger partial charge in [0.1, 0.15) is 0 Å². The van der Waals surface area contributed by atoms with Gasteiger partial charge in [0.15, 0.2) is 11.6 Å². The van der Waals surface area contributed by atoms with Gasteiger partial charge in [-0.3, -0.25) is 9.69 Å². The fraction of sp³-hybridized carbons (Fsp3) is 0.650. The minimum absolute atomic E-state index is 0.00215. The van der Waals surface area contributed by atoms with Crippen LogP contribution >= 0.6 is 0 Å². The van der Waals surface area contributed by atoms with Crippen molar-refractivity contribution in [3.05, 3.63) is 29.8 Å². The molecule has 0 spiro atoms. The Morgan fingerprint density at radius 1 is 1.03 bits per heavy atom. The number of likely N-dealkylation sites (N-methyl/N-ethyl adjacent to an activating group) is 1.